The molecule has 2 amide bonds. The lowest BCUT2D eigenvalue weighted by Crippen LogP contribution is -2.53. The average Bonchev–Trinajstić information content (AvgIpc) is 2.73. The third-order valence-corrected chi connectivity index (χ3v) is 5.74. The second-order valence-corrected chi connectivity index (χ2v) is 9.64. The van der Waals surface area contributed by atoms with Gasteiger partial charge in [-0.3, -0.25) is 4.79 Å². The summed E-state index contributed by atoms with van der Waals surface area (Å²) in [4.78, 5) is 27.7. The summed E-state index contributed by atoms with van der Waals surface area (Å²) in [6.07, 6.45) is -0.729. The van der Waals surface area contributed by atoms with Crippen molar-refractivity contribution in [3.8, 4) is 0 Å². The average molecular weight is 450 g/mol. The van der Waals surface area contributed by atoms with Gasteiger partial charge in [-0.1, -0.05) is 29.8 Å². The molecule has 1 aliphatic heterocycles. The zero-order valence-corrected chi connectivity index (χ0v) is 18.5. The number of benzene rings is 2. The number of carbonyl (C=O) groups is 2. The van der Waals surface area contributed by atoms with Crippen molar-refractivity contribution in [3.63, 3.8) is 0 Å². The minimum absolute atomic E-state index is 0.115. The first kappa shape index (κ1) is 22.4. The van der Waals surface area contributed by atoms with E-state index in [0.717, 1.165) is 5.56 Å². The van der Waals surface area contributed by atoms with E-state index in [1.807, 2.05) is 0 Å². The summed E-state index contributed by atoms with van der Waals surface area (Å²) in [5.74, 6) is -0.986. The number of para-hydroxylation sites is 1. The fourth-order valence-corrected chi connectivity index (χ4v) is 4.29. The van der Waals surface area contributed by atoms with E-state index in [1.165, 1.54) is 22.7 Å². The molecule has 30 heavy (non-hydrogen) atoms. The molecule has 3 rings (SSSR count). The van der Waals surface area contributed by atoms with Gasteiger partial charge in [-0.15, -0.1) is 11.8 Å². The van der Waals surface area contributed by atoms with Crippen LogP contribution in [0, 0.1) is 12.7 Å². The molecule has 5 nitrogen and oxygen atoms in total. The number of carbonyl (C=O) groups excluding carboxylic acids is 2. The molecular weight excluding hydrogens is 427 g/mol. The van der Waals surface area contributed by atoms with Crippen LogP contribution in [0.1, 0.15) is 26.3 Å². The number of fused-ring (bicyclic) bond motifs is 1. The van der Waals surface area contributed by atoms with Crippen LogP contribution in [0.25, 0.3) is 0 Å². The van der Waals surface area contributed by atoms with Crippen molar-refractivity contribution in [2.45, 2.75) is 49.1 Å². The molecule has 159 valence electrons. The number of thioether (sulfide) groups is 1. The molecule has 0 saturated carbocycles. The van der Waals surface area contributed by atoms with Gasteiger partial charge in [-0.2, -0.15) is 0 Å². The van der Waals surface area contributed by atoms with E-state index in [0.29, 0.717) is 9.92 Å². The molecular formula is C22H23ClFN2O3S. The van der Waals surface area contributed by atoms with Crippen molar-refractivity contribution < 1.29 is 18.7 Å². The maximum atomic E-state index is 14.8. The summed E-state index contributed by atoms with van der Waals surface area (Å²) in [5.41, 5.74) is 0.217. The van der Waals surface area contributed by atoms with E-state index in [2.05, 4.69) is 12.2 Å². The Morgan fingerprint density at radius 1 is 1.27 bits per heavy atom. The van der Waals surface area contributed by atoms with Crippen molar-refractivity contribution in [3.05, 3.63) is 65.8 Å². The molecule has 2 aromatic rings. The van der Waals surface area contributed by atoms with Crippen LogP contribution in [0.4, 0.5) is 14.9 Å². The molecule has 0 fully saturated rings. The van der Waals surface area contributed by atoms with Crippen molar-refractivity contribution in [2.24, 2.45) is 0 Å². The molecule has 1 radical (unpaired) electrons. The van der Waals surface area contributed by atoms with Crippen LogP contribution in [0.3, 0.4) is 0 Å². The molecule has 0 spiro atoms. The minimum Gasteiger partial charge on any atom is -0.444 e. The molecule has 1 N–H and O–H groups in total. The molecule has 0 saturated heterocycles. The van der Waals surface area contributed by atoms with Crippen LogP contribution in [0.2, 0.25) is 5.02 Å². The number of ether oxygens (including phenoxy) is 1. The number of nitrogens with one attached hydrogen (secondary N) is 1. The predicted molar refractivity (Wildman–Crippen MR) is 117 cm³/mol. The van der Waals surface area contributed by atoms with E-state index in [4.69, 9.17) is 16.3 Å². The van der Waals surface area contributed by atoms with Crippen molar-refractivity contribution >= 4 is 41.1 Å². The van der Waals surface area contributed by atoms with Crippen LogP contribution in [0.5, 0.6) is 0 Å². The monoisotopic (exact) mass is 449 g/mol. The Morgan fingerprint density at radius 2 is 1.93 bits per heavy atom. The van der Waals surface area contributed by atoms with Gasteiger partial charge in [0, 0.05) is 15.2 Å². The third-order valence-electron chi connectivity index (χ3n) is 4.33. The highest BCUT2D eigenvalue weighted by atomic mass is 35.5. The van der Waals surface area contributed by atoms with Gasteiger partial charge in [0.15, 0.2) is 0 Å². The Balaban J connectivity index is 1.97. The standard InChI is InChI=1S/C22H23ClFN2O3S/c1-13-18(25-21(28)29-22(2,3)4)20(27)26(12-14-8-10-15(23)11-9-14)19-16(24)6-5-7-17(19)30-13/h5-11,13,18H,1,12H2,2-4H3,(H,25,28)/t13?,18-/m0/s1. The number of anilines is 1. The normalized spacial score (nSPS) is 19.1. The highest BCUT2D eigenvalue weighted by molar-refractivity contribution is 8.00. The molecule has 1 unspecified atom stereocenters. The van der Waals surface area contributed by atoms with Gasteiger partial charge in [0.25, 0.3) is 5.91 Å². The van der Waals surface area contributed by atoms with Crippen LogP contribution < -0.4 is 10.2 Å². The zero-order chi connectivity index (χ0) is 22.1. The Bertz CT molecular complexity index is 946. The Hall–Kier alpha value is -2.25. The van der Waals surface area contributed by atoms with Gasteiger partial charge in [-0.05, 0) is 57.5 Å². The first-order chi connectivity index (χ1) is 14.0. The Kier molecular flexibility index (Phi) is 6.62. The number of alkyl carbamates (subject to hydrolysis) is 1. The lowest BCUT2D eigenvalue weighted by atomic mass is 10.1. The van der Waals surface area contributed by atoms with Crippen LogP contribution in [0.15, 0.2) is 47.4 Å². The second kappa shape index (κ2) is 8.86. The highest BCUT2D eigenvalue weighted by Crippen LogP contribution is 2.40. The topological polar surface area (TPSA) is 58.6 Å². The number of halogens is 2. The SMILES string of the molecule is [CH2]C1Sc2cccc(F)c2N(Cc2ccc(Cl)cc2)C(=O)[C@H]1NC(=O)OC(C)(C)C. The van der Waals surface area contributed by atoms with E-state index < -0.39 is 34.7 Å². The van der Waals surface area contributed by atoms with Gasteiger partial charge in [0.1, 0.15) is 17.5 Å². The van der Waals surface area contributed by atoms with Crippen LogP contribution >= 0.6 is 23.4 Å². The Morgan fingerprint density at radius 3 is 2.57 bits per heavy atom. The first-order valence-electron chi connectivity index (χ1n) is 9.39. The molecule has 0 aliphatic carbocycles. The first-order valence-corrected chi connectivity index (χ1v) is 10.6. The smallest absolute Gasteiger partial charge is 0.408 e. The van der Waals surface area contributed by atoms with Crippen LogP contribution in [-0.4, -0.2) is 28.9 Å². The lowest BCUT2D eigenvalue weighted by Gasteiger charge is -2.28. The molecule has 2 aromatic carbocycles. The van der Waals surface area contributed by atoms with E-state index in [-0.39, 0.29) is 12.2 Å². The molecule has 0 aromatic heterocycles. The van der Waals surface area contributed by atoms with Gasteiger partial charge in [0.2, 0.25) is 0 Å². The quantitative estimate of drug-likeness (QED) is 0.698. The number of rotatable bonds is 3. The Labute approximate surface area is 184 Å². The van der Waals surface area contributed by atoms with Gasteiger partial charge >= 0.3 is 6.09 Å². The van der Waals surface area contributed by atoms with E-state index >= 15 is 0 Å². The maximum absolute atomic E-state index is 14.8. The molecule has 1 aliphatic rings. The molecule has 0 bridgehead atoms. The summed E-state index contributed by atoms with van der Waals surface area (Å²) in [6, 6.07) is 10.6. The lowest BCUT2D eigenvalue weighted by molar-refractivity contribution is -0.120. The van der Waals surface area contributed by atoms with E-state index in [9.17, 15) is 14.0 Å². The summed E-state index contributed by atoms with van der Waals surface area (Å²) in [6.45, 7) is 9.34. The largest absolute Gasteiger partial charge is 0.444 e. The van der Waals surface area contributed by atoms with Crippen molar-refractivity contribution in [1.82, 2.24) is 5.32 Å². The number of amides is 2. The van der Waals surface area contributed by atoms with Crippen LogP contribution in [-0.2, 0) is 16.1 Å². The van der Waals surface area contributed by atoms with Gasteiger partial charge in [0.05, 0.1) is 12.2 Å². The van der Waals surface area contributed by atoms with Gasteiger partial charge < -0.3 is 15.0 Å². The maximum Gasteiger partial charge on any atom is 0.408 e. The molecule has 8 heteroatoms. The second-order valence-electron chi connectivity index (χ2n) is 7.92. The molecule has 2 atom stereocenters. The fourth-order valence-electron chi connectivity index (χ4n) is 3.04. The number of hydrogen-bond donors (Lipinski definition) is 1. The van der Waals surface area contributed by atoms with Crippen molar-refractivity contribution in [1.29, 1.82) is 0 Å². The van der Waals surface area contributed by atoms with Gasteiger partial charge in [-0.25, -0.2) is 9.18 Å². The minimum atomic E-state index is -0.996. The van der Waals surface area contributed by atoms with E-state index in [1.54, 1.807) is 57.2 Å². The molecule has 1 heterocycles. The summed E-state index contributed by atoms with van der Waals surface area (Å²) in [7, 11) is 0. The number of nitrogens with zero attached hydrogens (tertiary/aromatic N) is 1. The number of hydrogen-bond acceptors (Lipinski definition) is 4. The summed E-state index contributed by atoms with van der Waals surface area (Å²) < 4.78 is 20.1. The highest BCUT2D eigenvalue weighted by Gasteiger charge is 2.38. The third kappa shape index (κ3) is 5.26. The summed E-state index contributed by atoms with van der Waals surface area (Å²) in [5, 5.41) is 2.59. The van der Waals surface area contributed by atoms with Crippen molar-refractivity contribution in [2.75, 3.05) is 4.90 Å². The predicted octanol–water partition coefficient (Wildman–Crippen LogP) is 5.21. The fraction of sp³-hybridized carbons (Fsp3) is 0.318. The summed E-state index contributed by atoms with van der Waals surface area (Å²) >= 11 is 7.18. The zero-order valence-electron chi connectivity index (χ0n) is 16.9.